The molecule has 1 aromatic rings. The van der Waals surface area contributed by atoms with Gasteiger partial charge in [-0.25, -0.2) is 0 Å². The molecule has 0 aliphatic carbocycles. The van der Waals surface area contributed by atoms with Gasteiger partial charge < -0.3 is 15.8 Å². The molecule has 0 spiro atoms. The number of carbonyl (C=O) groups excluding carboxylic acids is 2. The van der Waals surface area contributed by atoms with Crippen molar-refractivity contribution < 1.29 is 14.3 Å². The minimum Gasteiger partial charge on any atom is -0.497 e. The van der Waals surface area contributed by atoms with Crippen LogP contribution in [-0.2, 0) is 9.59 Å². The molecule has 1 aromatic carbocycles. The zero-order valence-electron chi connectivity index (χ0n) is 9.43. The summed E-state index contributed by atoms with van der Waals surface area (Å²) in [6.07, 6.45) is 0. The Morgan fingerprint density at radius 2 is 1.94 bits per heavy atom. The maximum atomic E-state index is 11.4. The van der Waals surface area contributed by atoms with Crippen LogP contribution < -0.4 is 15.8 Å². The summed E-state index contributed by atoms with van der Waals surface area (Å²) >= 11 is 1.19. The summed E-state index contributed by atoms with van der Waals surface area (Å²) in [6, 6.07) is 7.00. The van der Waals surface area contributed by atoms with Crippen molar-refractivity contribution in [3.63, 3.8) is 0 Å². The van der Waals surface area contributed by atoms with Crippen molar-refractivity contribution in [3.05, 3.63) is 24.3 Å². The first-order valence-corrected chi connectivity index (χ1v) is 6.07. The Balaban J connectivity index is 2.37. The van der Waals surface area contributed by atoms with Crippen LogP contribution in [0.15, 0.2) is 24.3 Å². The van der Waals surface area contributed by atoms with Crippen LogP contribution in [0.4, 0.5) is 5.69 Å². The molecule has 5 nitrogen and oxygen atoms in total. The third kappa shape index (κ3) is 5.26. The van der Waals surface area contributed by atoms with E-state index in [9.17, 15) is 9.59 Å². The molecule has 1 rings (SSSR count). The van der Waals surface area contributed by atoms with E-state index in [0.717, 1.165) is 5.75 Å². The maximum Gasteiger partial charge on any atom is 0.234 e. The molecule has 3 N–H and O–H groups in total. The fourth-order valence-electron chi connectivity index (χ4n) is 1.12. The second kappa shape index (κ2) is 6.80. The molecular formula is C11H14N2O3S. The monoisotopic (exact) mass is 254 g/mol. The second-order valence-electron chi connectivity index (χ2n) is 3.24. The van der Waals surface area contributed by atoms with E-state index < -0.39 is 5.91 Å². The van der Waals surface area contributed by atoms with Crippen LogP contribution in [0.3, 0.4) is 0 Å². The van der Waals surface area contributed by atoms with Gasteiger partial charge in [-0.1, -0.05) is 0 Å². The number of rotatable bonds is 6. The summed E-state index contributed by atoms with van der Waals surface area (Å²) in [7, 11) is 1.58. The number of nitrogens with one attached hydrogen (secondary N) is 1. The lowest BCUT2D eigenvalue weighted by Gasteiger charge is -2.05. The second-order valence-corrected chi connectivity index (χ2v) is 4.22. The lowest BCUT2D eigenvalue weighted by molar-refractivity contribution is -0.115. The first kappa shape index (κ1) is 13.4. The number of hydrogen-bond donors (Lipinski definition) is 2. The number of thioether (sulfide) groups is 1. The van der Waals surface area contributed by atoms with Crippen molar-refractivity contribution in [3.8, 4) is 5.75 Å². The standard InChI is InChI=1S/C11H14N2O3S/c1-16-9-4-2-8(3-5-9)13-11(15)7-17-6-10(12)14/h2-5H,6-7H2,1H3,(H2,12,14)(H,13,15). The SMILES string of the molecule is COc1ccc(NC(=O)CSCC(N)=O)cc1. The number of benzene rings is 1. The third-order valence-corrected chi connectivity index (χ3v) is 2.81. The third-order valence-electron chi connectivity index (χ3n) is 1.85. The quantitative estimate of drug-likeness (QED) is 0.788. The van der Waals surface area contributed by atoms with Gasteiger partial charge in [-0.3, -0.25) is 9.59 Å². The maximum absolute atomic E-state index is 11.4. The minimum atomic E-state index is -0.424. The summed E-state index contributed by atoms with van der Waals surface area (Å²) in [5.74, 6) is 0.491. The molecule has 0 bridgehead atoms. The fourth-order valence-corrected chi connectivity index (χ4v) is 1.68. The predicted molar refractivity (Wildman–Crippen MR) is 68.1 cm³/mol. The fraction of sp³-hybridized carbons (Fsp3) is 0.273. The van der Waals surface area contributed by atoms with Gasteiger partial charge in [0.2, 0.25) is 11.8 Å². The summed E-state index contributed by atoms with van der Waals surface area (Å²) in [4.78, 5) is 21.9. The number of ether oxygens (including phenoxy) is 1. The van der Waals surface area contributed by atoms with Crippen LogP contribution in [0.5, 0.6) is 5.75 Å². The smallest absolute Gasteiger partial charge is 0.234 e. The highest BCUT2D eigenvalue weighted by atomic mass is 32.2. The van der Waals surface area contributed by atoms with Crippen molar-refractivity contribution in [2.24, 2.45) is 5.73 Å². The molecule has 0 aromatic heterocycles. The first-order chi connectivity index (χ1) is 8.11. The molecule has 0 heterocycles. The van der Waals surface area contributed by atoms with E-state index in [1.54, 1.807) is 31.4 Å². The first-order valence-electron chi connectivity index (χ1n) is 4.92. The number of carbonyl (C=O) groups is 2. The number of methoxy groups -OCH3 is 1. The van der Waals surface area contributed by atoms with E-state index in [-0.39, 0.29) is 17.4 Å². The van der Waals surface area contributed by atoms with Crippen LogP contribution in [0.2, 0.25) is 0 Å². The minimum absolute atomic E-state index is 0.149. The number of hydrogen-bond acceptors (Lipinski definition) is 4. The van der Waals surface area contributed by atoms with Crippen LogP contribution in [0.1, 0.15) is 0 Å². The van der Waals surface area contributed by atoms with E-state index in [1.165, 1.54) is 11.8 Å². The van der Waals surface area contributed by atoms with Crippen LogP contribution in [-0.4, -0.2) is 30.4 Å². The topological polar surface area (TPSA) is 81.4 Å². The largest absolute Gasteiger partial charge is 0.497 e. The summed E-state index contributed by atoms with van der Waals surface area (Å²) in [5, 5.41) is 2.70. The number of anilines is 1. The molecule has 0 atom stereocenters. The Labute approximate surface area is 104 Å². The molecule has 17 heavy (non-hydrogen) atoms. The van der Waals surface area contributed by atoms with E-state index >= 15 is 0 Å². The van der Waals surface area contributed by atoms with Gasteiger partial charge in [0, 0.05) is 5.69 Å². The highest BCUT2D eigenvalue weighted by Crippen LogP contribution is 2.15. The Kier molecular flexibility index (Phi) is 5.35. The molecule has 0 unspecified atom stereocenters. The number of primary amides is 1. The van der Waals surface area contributed by atoms with Gasteiger partial charge in [-0.2, -0.15) is 0 Å². The number of nitrogens with two attached hydrogens (primary N) is 1. The highest BCUT2D eigenvalue weighted by Gasteiger charge is 2.04. The normalized spacial score (nSPS) is 9.71. The molecule has 0 saturated heterocycles. The van der Waals surface area contributed by atoms with Crippen molar-refractivity contribution in [2.45, 2.75) is 0 Å². The molecule has 92 valence electrons. The molecular weight excluding hydrogens is 240 g/mol. The van der Waals surface area contributed by atoms with E-state index in [1.807, 2.05) is 0 Å². The Bertz CT molecular complexity index is 392. The summed E-state index contributed by atoms with van der Waals surface area (Å²) in [5.41, 5.74) is 5.65. The Morgan fingerprint density at radius 1 is 1.29 bits per heavy atom. The van der Waals surface area contributed by atoms with Crippen LogP contribution in [0.25, 0.3) is 0 Å². The van der Waals surface area contributed by atoms with Crippen molar-refractivity contribution in [1.29, 1.82) is 0 Å². The van der Waals surface area contributed by atoms with Gasteiger partial charge in [0.25, 0.3) is 0 Å². The zero-order chi connectivity index (χ0) is 12.7. The molecule has 0 aliphatic rings. The molecule has 0 saturated carbocycles. The van der Waals surface area contributed by atoms with Crippen molar-refractivity contribution in [2.75, 3.05) is 23.9 Å². The predicted octanol–water partition coefficient (Wildman–Crippen LogP) is 0.852. The average molecular weight is 254 g/mol. The van der Waals surface area contributed by atoms with Gasteiger partial charge in [-0.15, -0.1) is 11.8 Å². The van der Waals surface area contributed by atoms with E-state index in [2.05, 4.69) is 5.32 Å². The Morgan fingerprint density at radius 3 is 2.47 bits per heavy atom. The van der Waals surface area contributed by atoms with Gasteiger partial charge in [0.05, 0.1) is 18.6 Å². The molecule has 0 aliphatic heterocycles. The van der Waals surface area contributed by atoms with E-state index in [0.29, 0.717) is 5.69 Å². The molecule has 0 radical (unpaired) electrons. The lowest BCUT2D eigenvalue weighted by Crippen LogP contribution is -2.18. The summed E-state index contributed by atoms with van der Waals surface area (Å²) in [6.45, 7) is 0. The molecule has 6 heteroatoms. The van der Waals surface area contributed by atoms with Gasteiger partial charge in [-0.05, 0) is 24.3 Å². The Hall–Kier alpha value is -1.69. The molecule has 0 fully saturated rings. The zero-order valence-corrected chi connectivity index (χ0v) is 10.3. The highest BCUT2D eigenvalue weighted by molar-refractivity contribution is 8.00. The van der Waals surface area contributed by atoms with Gasteiger partial charge in [0.1, 0.15) is 5.75 Å². The van der Waals surface area contributed by atoms with E-state index in [4.69, 9.17) is 10.5 Å². The lowest BCUT2D eigenvalue weighted by atomic mass is 10.3. The number of amides is 2. The van der Waals surface area contributed by atoms with Gasteiger partial charge >= 0.3 is 0 Å². The summed E-state index contributed by atoms with van der Waals surface area (Å²) < 4.78 is 5.00. The van der Waals surface area contributed by atoms with Crippen molar-refractivity contribution in [1.82, 2.24) is 0 Å². The molecule has 2 amide bonds. The average Bonchev–Trinajstić information content (AvgIpc) is 2.29. The van der Waals surface area contributed by atoms with Crippen LogP contribution in [0, 0.1) is 0 Å². The van der Waals surface area contributed by atoms with Crippen LogP contribution >= 0.6 is 11.8 Å². The van der Waals surface area contributed by atoms with Gasteiger partial charge in [0.15, 0.2) is 0 Å². The van der Waals surface area contributed by atoms with Crippen molar-refractivity contribution >= 4 is 29.3 Å².